The molecule has 1 aromatic rings. The van der Waals surface area contributed by atoms with Crippen LogP contribution < -0.4 is 11.1 Å². The zero-order chi connectivity index (χ0) is 12.7. The Hall–Kier alpha value is -2.28. The molecule has 0 unspecified atom stereocenters. The number of benzene rings is 1. The molecular weight excluding hydrogens is 216 g/mol. The van der Waals surface area contributed by atoms with Crippen molar-refractivity contribution in [3.05, 3.63) is 35.4 Å². The van der Waals surface area contributed by atoms with Crippen LogP contribution in [0.25, 0.3) is 0 Å². The molecule has 88 valence electrons. The van der Waals surface area contributed by atoms with Crippen LogP contribution in [0, 0.1) is 11.8 Å². The summed E-state index contributed by atoms with van der Waals surface area (Å²) in [5.41, 5.74) is 5.88. The topological polar surface area (TPSA) is 72.2 Å². The van der Waals surface area contributed by atoms with E-state index in [2.05, 4.69) is 17.2 Å². The summed E-state index contributed by atoms with van der Waals surface area (Å²) in [6.45, 7) is 2.23. The predicted octanol–water partition coefficient (Wildman–Crippen LogP) is 0.929. The molecule has 0 atom stereocenters. The van der Waals surface area contributed by atoms with Crippen LogP contribution in [0.4, 0.5) is 0 Å². The molecule has 4 heteroatoms. The van der Waals surface area contributed by atoms with Crippen LogP contribution in [-0.2, 0) is 0 Å². The summed E-state index contributed by atoms with van der Waals surface area (Å²) in [4.78, 5) is 22.6. The maximum absolute atomic E-state index is 11.7. The van der Waals surface area contributed by atoms with E-state index in [1.165, 1.54) is 6.07 Å². The van der Waals surface area contributed by atoms with Crippen molar-refractivity contribution >= 4 is 11.8 Å². The third-order valence-electron chi connectivity index (χ3n) is 2.12. The molecule has 0 aliphatic rings. The van der Waals surface area contributed by atoms with Crippen molar-refractivity contribution in [1.82, 2.24) is 5.32 Å². The zero-order valence-electron chi connectivity index (χ0n) is 9.62. The molecule has 0 aliphatic heterocycles. The van der Waals surface area contributed by atoms with Crippen molar-refractivity contribution < 1.29 is 9.59 Å². The molecule has 0 fully saturated rings. The molecular formula is C13H14N2O2. The Morgan fingerprint density at radius 2 is 2.06 bits per heavy atom. The lowest BCUT2D eigenvalue weighted by Crippen LogP contribution is -2.24. The highest BCUT2D eigenvalue weighted by Gasteiger charge is 2.07. The predicted molar refractivity (Wildman–Crippen MR) is 65.4 cm³/mol. The first-order chi connectivity index (χ1) is 8.15. The Kier molecular flexibility index (Phi) is 4.77. The van der Waals surface area contributed by atoms with Crippen molar-refractivity contribution in [2.75, 3.05) is 6.54 Å². The smallest absolute Gasteiger partial charge is 0.251 e. The number of primary amides is 1. The number of carbonyl (C=O) groups excluding carboxylic acids is 2. The molecule has 0 bridgehead atoms. The van der Waals surface area contributed by atoms with Gasteiger partial charge in [-0.1, -0.05) is 6.07 Å². The first-order valence-corrected chi connectivity index (χ1v) is 5.23. The summed E-state index contributed by atoms with van der Waals surface area (Å²) in [6, 6.07) is 6.30. The molecule has 1 aromatic carbocycles. The number of nitrogens with one attached hydrogen (secondary N) is 1. The van der Waals surface area contributed by atoms with Gasteiger partial charge in [-0.15, -0.1) is 11.8 Å². The second kappa shape index (κ2) is 6.33. The molecule has 0 aromatic heterocycles. The fraction of sp³-hybridized carbons (Fsp3) is 0.231. The number of amides is 2. The minimum atomic E-state index is -0.545. The SMILES string of the molecule is CC#CCCNC(=O)c1cccc(C(N)=O)c1. The van der Waals surface area contributed by atoms with Gasteiger partial charge in [0.15, 0.2) is 0 Å². The second-order valence-corrected chi connectivity index (χ2v) is 3.38. The van der Waals surface area contributed by atoms with Gasteiger partial charge < -0.3 is 11.1 Å². The molecule has 0 spiro atoms. The van der Waals surface area contributed by atoms with E-state index in [-0.39, 0.29) is 5.91 Å². The van der Waals surface area contributed by atoms with Gasteiger partial charge in [0.05, 0.1) is 0 Å². The van der Waals surface area contributed by atoms with Crippen LogP contribution in [0.2, 0.25) is 0 Å². The van der Waals surface area contributed by atoms with E-state index >= 15 is 0 Å². The zero-order valence-corrected chi connectivity index (χ0v) is 9.62. The standard InChI is InChI=1S/C13H14N2O2/c1-2-3-4-8-15-13(17)11-7-5-6-10(9-11)12(14)16/h5-7,9H,4,8H2,1H3,(H2,14,16)(H,15,17). The Morgan fingerprint density at radius 1 is 1.35 bits per heavy atom. The Balaban J connectivity index is 2.64. The lowest BCUT2D eigenvalue weighted by atomic mass is 10.1. The fourth-order valence-corrected chi connectivity index (χ4v) is 1.28. The molecule has 0 saturated carbocycles. The third kappa shape index (κ3) is 3.99. The van der Waals surface area contributed by atoms with Crippen LogP contribution in [0.5, 0.6) is 0 Å². The van der Waals surface area contributed by atoms with Gasteiger partial charge in [-0.25, -0.2) is 0 Å². The molecule has 0 saturated heterocycles. The summed E-state index contributed by atoms with van der Waals surface area (Å²) in [5, 5.41) is 2.71. The van der Waals surface area contributed by atoms with Crippen LogP contribution in [0.1, 0.15) is 34.1 Å². The fourth-order valence-electron chi connectivity index (χ4n) is 1.28. The second-order valence-electron chi connectivity index (χ2n) is 3.38. The Morgan fingerprint density at radius 3 is 2.71 bits per heavy atom. The summed E-state index contributed by atoms with van der Waals surface area (Å²) in [5.74, 6) is 4.81. The number of carbonyl (C=O) groups is 2. The summed E-state index contributed by atoms with van der Waals surface area (Å²) in [6.07, 6.45) is 0.609. The van der Waals surface area contributed by atoms with Gasteiger partial charge in [0.1, 0.15) is 0 Å². The van der Waals surface area contributed by atoms with Gasteiger partial charge >= 0.3 is 0 Å². The van der Waals surface area contributed by atoms with Crippen LogP contribution in [-0.4, -0.2) is 18.4 Å². The van der Waals surface area contributed by atoms with Crippen molar-refractivity contribution in [3.8, 4) is 11.8 Å². The largest absolute Gasteiger partial charge is 0.366 e. The lowest BCUT2D eigenvalue weighted by molar-refractivity contribution is 0.0954. The summed E-state index contributed by atoms with van der Waals surface area (Å²) >= 11 is 0. The van der Waals surface area contributed by atoms with E-state index in [9.17, 15) is 9.59 Å². The molecule has 2 amide bonds. The number of nitrogens with two attached hydrogens (primary N) is 1. The Labute approximate surface area is 100 Å². The molecule has 0 radical (unpaired) electrons. The molecule has 3 N–H and O–H groups in total. The number of hydrogen-bond donors (Lipinski definition) is 2. The lowest BCUT2D eigenvalue weighted by Gasteiger charge is -2.04. The minimum absolute atomic E-state index is 0.231. The summed E-state index contributed by atoms with van der Waals surface area (Å²) in [7, 11) is 0. The van der Waals surface area contributed by atoms with E-state index in [0.717, 1.165) is 0 Å². The molecule has 0 heterocycles. The maximum Gasteiger partial charge on any atom is 0.251 e. The molecule has 0 aliphatic carbocycles. The quantitative estimate of drug-likeness (QED) is 0.596. The molecule has 1 rings (SSSR count). The highest BCUT2D eigenvalue weighted by Crippen LogP contribution is 2.04. The first-order valence-electron chi connectivity index (χ1n) is 5.23. The van der Waals surface area contributed by atoms with Gasteiger partial charge in [0, 0.05) is 24.1 Å². The van der Waals surface area contributed by atoms with Crippen molar-refractivity contribution in [3.63, 3.8) is 0 Å². The monoisotopic (exact) mass is 230 g/mol. The molecule has 17 heavy (non-hydrogen) atoms. The highest BCUT2D eigenvalue weighted by atomic mass is 16.2. The third-order valence-corrected chi connectivity index (χ3v) is 2.12. The van der Waals surface area contributed by atoms with E-state index in [0.29, 0.717) is 24.1 Å². The maximum atomic E-state index is 11.7. The van der Waals surface area contributed by atoms with Crippen molar-refractivity contribution in [2.24, 2.45) is 5.73 Å². The first kappa shape index (κ1) is 12.8. The Bertz CT molecular complexity index is 484. The number of rotatable bonds is 4. The van der Waals surface area contributed by atoms with Crippen LogP contribution >= 0.6 is 0 Å². The van der Waals surface area contributed by atoms with Crippen molar-refractivity contribution in [1.29, 1.82) is 0 Å². The van der Waals surface area contributed by atoms with E-state index in [1.54, 1.807) is 25.1 Å². The van der Waals surface area contributed by atoms with E-state index in [1.807, 2.05) is 0 Å². The van der Waals surface area contributed by atoms with Gasteiger partial charge in [-0.3, -0.25) is 9.59 Å². The van der Waals surface area contributed by atoms with Gasteiger partial charge in [-0.2, -0.15) is 0 Å². The van der Waals surface area contributed by atoms with Crippen LogP contribution in [0.3, 0.4) is 0 Å². The average molecular weight is 230 g/mol. The van der Waals surface area contributed by atoms with Crippen LogP contribution in [0.15, 0.2) is 24.3 Å². The van der Waals surface area contributed by atoms with Crippen molar-refractivity contribution in [2.45, 2.75) is 13.3 Å². The minimum Gasteiger partial charge on any atom is -0.366 e. The van der Waals surface area contributed by atoms with E-state index < -0.39 is 5.91 Å². The van der Waals surface area contributed by atoms with Gasteiger partial charge in [0.25, 0.3) is 5.91 Å². The highest BCUT2D eigenvalue weighted by molar-refractivity contribution is 5.99. The average Bonchev–Trinajstić information content (AvgIpc) is 2.34. The normalized spacial score (nSPS) is 9.00. The van der Waals surface area contributed by atoms with Gasteiger partial charge in [-0.05, 0) is 25.1 Å². The summed E-state index contributed by atoms with van der Waals surface area (Å²) < 4.78 is 0. The molecule has 4 nitrogen and oxygen atoms in total. The van der Waals surface area contributed by atoms with Gasteiger partial charge in [0.2, 0.25) is 5.91 Å². The number of hydrogen-bond acceptors (Lipinski definition) is 2. The van der Waals surface area contributed by atoms with E-state index in [4.69, 9.17) is 5.73 Å².